The normalized spacial score (nSPS) is 10.5. The van der Waals surface area contributed by atoms with Crippen LogP contribution in [-0.2, 0) is 11.3 Å². The maximum Gasteiger partial charge on any atom is 0.243 e. The van der Waals surface area contributed by atoms with Crippen LogP contribution in [0.5, 0.6) is 5.75 Å². The average molecular weight is 469 g/mol. The molecule has 1 aromatic carbocycles. The van der Waals surface area contributed by atoms with Crippen LogP contribution >= 0.6 is 24.0 Å². The van der Waals surface area contributed by atoms with Gasteiger partial charge in [-0.1, -0.05) is 12.1 Å². The fraction of sp³-hybridized carbons (Fsp3) is 0.278. The molecule has 2 aromatic rings. The predicted molar refractivity (Wildman–Crippen MR) is 114 cm³/mol. The lowest BCUT2D eigenvalue weighted by Crippen LogP contribution is -2.41. The zero-order chi connectivity index (χ0) is 18.1. The number of aromatic nitrogens is 1. The second-order valence-corrected chi connectivity index (χ2v) is 5.38. The Balaban J connectivity index is 0.00000338. The van der Waals surface area contributed by atoms with Crippen molar-refractivity contribution >= 4 is 41.5 Å². The molecule has 0 atom stereocenters. The molecule has 1 heterocycles. The number of anilines is 1. The van der Waals surface area contributed by atoms with Gasteiger partial charge in [0.15, 0.2) is 5.96 Å². The summed E-state index contributed by atoms with van der Waals surface area (Å²) in [5.41, 5.74) is 2.80. The summed E-state index contributed by atoms with van der Waals surface area (Å²) in [5.74, 6) is 1.17. The molecule has 0 bridgehead atoms. The maximum absolute atomic E-state index is 11.9. The van der Waals surface area contributed by atoms with Gasteiger partial charge in [0.1, 0.15) is 5.75 Å². The molecule has 1 aromatic heterocycles. The van der Waals surface area contributed by atoms with Gasteiger partial charge in [-0.3, -0.25) is 14.8 Å². The first-order valence-electron chi connectivity index (χ1n) is 7.90. The maximum atomic E-state index is 11.9. The molecule has 0 aliphatic heterocycles. The number of methoxy groups -OCH3 is 1. The number of pyridine rings is 1. The number of carbonyl (C=O) groups is 1. The molecule has 0 saturated carbocycles. The summed E-state index contributed by atoms with van der Waals surface area (Å²) >= 11 is 0. The molecular formula is C18H24IN5O2. The smallest absolute Gasteiger partial charge is 0.243 e. The van der Waals surface area contributed by atoms with E-state index < -0.39 is 0 Å². The number of hydrogen-bond donors (Lipinski definition) is 3. The van der Waals surface area contributed by atoms with Crippen molar-refractivity contribution in [1.82, 2.24) is 15.6 Å². The van der Waals surface area contributed by atoms with Crippen LogP contribution in [-0.4, -0.2) is 37.6 Å². The van der Waals surface area contributed by atoms with Gasteiger partial charge >= 0.3 is 0 Å². The third kappa shape index (κ3) is 6.87. The number of aliphatic imine (C=N–C) groups is 1. The quantitative estimate of drug-likeness (QED) is 0.344. The van der Waals surface area contributed by atoms with Crippen molar-refractivity contribution in [3.63, 3.8) is 0 Å². The van der Waals surface area contributed by atoms with Crippen LogP contribution in [0.15, 0.2) is 47.7 Å². The molecule has 3 N–H and O–H groups in total. The summed E-state index contributed by atoms with van der Waals surface area (Å²) in [6.07, 6.45) is 3.24. The molecule has 0 radical (unpaired) electrons. The van der Waals surface area contributed by atoms with Gasteiger partial charge in [0, 0.05) is 25.4 Å². The number of nitrogens with zero attached hydrogens (tertiary/aromatic N) is 2. The van der Waals surface area contributed by atoms with Gasteiger partial charge < -0.3 is 20.7 Å². The van der Waals surface area contributed by atoms with Gasteiger partial charge in [-0.15, -0.1) is 24.0 Å². The SMILES string of the molecule is CN=C(NCC(=O)Nc1cccnc1)NCc1ccc(C)cc1OC.I. The average Bonchev–Trinajstić information content (AvgIpc) is 2.63. The topological polar surface area (TPSA) is 87.6 Å². The summed E-state index contributed by atoms with van der Waals surface area (Å²) in [4.78, 5) is 20.0. The highest BCUT2D eigenvalue weighted by Crippen LogP contribution is 2.19. The van der Waals surface area contributed by atoms with Crippen molar-refractivity contribution in [3.05, 3.63) is 53.9 Å². The molecule has 1 amide bonds. The van der Waals surface area contributed by atoms with E-state index >= 15 is 0 Å². The van der Waals surface area contributed by atoms with Crippen LogP contribution in [0.1, 0.15) is 11.1 Å². The first kappa shape index (κ1) is 21.7. The number of aryl methyl sites for hydroxylation is 1. The largest absolute Gasteiger partial charge is 0.496 e. The second kappa shape index (κ2) is 11.3. The lowest BCUT2D eigenvalue weighted by atomic mass is 10.1. The van der Waals surface area contributed by atoms with Crippen molar-refractivity contribution < 1.29 is 9.53 Å². The summed E-state index contributed by atoms with van der Waals surface area (Å²) in [6.45, 7) is 2.65. The number of carbonyl (C=O) groups excluding carboxylic acids is 1. The van der Waals surface area contributed by atoms with Gasteiger partial charge in [0.25, 0.3) is 0 Å². The number of nitrogens with one attached hydrogen (secondary N) is 3. The van der Waals surface area contributed by atoms with Crippen molar-refractivity contribution in [2.75, 3.05) is 26.0 Å². The summed E-state index contributed by atoms with van der Waals surface area (Å²) in [6, 6.07) is 9.55. The number of halogens is 1. The second-order valence-electron chi connectivity index (χ2n) is 5.38. The molecule has 0 unspecified atom stereocenters. The Morgan fingerprint density at radius 1 is 1.27 bits per heavy atom. The number of benzene rings is 1. The number of amides is 1. The molecule has 0 saturated heterocycles. The van der Waals surface area contributed by atoms with Crippen molar-refractivity contribution in [2.45, 2.75) is 13.5 Å². The molecule has 2 rings (SSSR count). The van der Waals surface area contributed by atoms with E-state index in [9.17, 15) is 4.79 Å². The molecule has 0 fully saturated rings. The Morgan fingerprint density at radius 2 is 2.08 bits per heavy atom. The van der Waals surface area contributed by atoms with Crippen LogP contribution in [0, 0.1) is 6.92 Å². The molecule has 26 heavy (non-hydrogen) atoms. The Morgan fingerprint density at radius 3 is 2.73 bits per heavy atom. The van der Waals surface area contributed by atoms with E-state index in [1.54, 1.807) is 38.7 Å². The Bertz CT molecular complexity index is 738. The van der Waals surface area contributed by atoms with E-state index in [1.807, 2.05) is 25.1 Å². The summed E-state index contributed by atoms with van der Waals surface area (Å²) in [5, 5.41) is 8.89. The van der Waals surface area contributed by atoms with Crippen LogP contribution in [0.25, 0.3) is 0 Å². The lowest BCUT2D eigenvalue weighted by Gasteiger charge is -2.14. The molecule has 0 spiro atoms. The predicted octanol–water partition coefficient (Wildman–Crippen LogP) is 2.32. The fourth-order valence-corrected chi connectivity index (χ4v) is 2.20. The minimum absolute atomic E-state index is 0. The van der Waals surface area contributed by atoms with Gasteiger partial charge in [-0.25, -0.2) is 0 Å². The van der Waals surface area contributed by atoms with Crippen molar-refractivity contribution in [2.24, 2.45) is 4.99 Å². The molecule has 7 nitrogen and oxygen atoms in total. The molecule has 0 aliphatic carbocycles. The molecule has 8 heteroatoms. The van der Waals surface area contributed by atoms with Crippen molar-refractivity contribution in [3.8, 4) is 5.75 Å². The Hall–Kier alpha value is -2.36. The van der Waals surface area contributed by atoms with E-state index in [0.717, 1.165) is 16.9 Å². The third-order valence-corrected chi connectivity index (χ3v) is 3.47. The fourth-order valence-electron chi connectivity index (χ4n) is 2.20. The van der Waals surface area contributed by atoms with E-state index in [1.165, 1.54) is 0 Å². The Kier molecular flexibility index (Phi) is 9.42. The third-order valence-electron chi connectivity index (χ3n) is 3.47. The number of rotatable bonds is 6. The zero-order valence-corrected chi connectivity index (χ0v) is 17.4. The first-order chi connectivity index (χ1) is 12.1. The van der Waals surface area contributed by atoms with Crippen LogP contribution in [0.2, 0.25) is 0 Å². The van der Waals surface area contributed by atoms with Gasteiger partial charge in [-0.2, -0.15) is 0 Å². The van der Waals surface area contributed by atoms with E-state index in [2.05, 4.69) is 25.9 Å². The number of ether oxygens (including phenoxy) is 1. The standard InChI is InChI=1S/C18H23N5O2.HI/c1-13-6-7-14(16(9-13)25-3)10-21-18(19-2)22-12-17(24)23-15-5-4-8-20-11-15;/h4-9,11H,10,12H2,1-3H3,(H,23,24)(H2,19,21,22);1H. The van der Waals surface area contributed by atoms with Gasteiger partial charge in [0.05, 0.1) is 25.5 Å². The van der Waals surface area contributed by atoms with Gasteiger partial charge in [-0.05, 0) is 30.7 Å². The minimum atomic E-state index is -0.177. The van der Waals surface area contributed by atoms with Gasteiger partial charge in [0.2, 0.25) is 5.91 Å². The summed E-state index contributed by atoms with van der Waals surface area (Å²) in [7, 11) is 3.30. The highest BCUT2D eigenvalue weighted by molar-refractivity contribution is 14.0. The first-order valence-corrected chi connectivity index (χ1v) is 7.90. The van der Waals surface area contributed by atoms with Crippen LogP contribution in [0.3, 0.4) is 0 Å². The minimum Gasteiger partial charge on any atom is -0.496 e. The molecular weight excluding hydrogens is 445 g/mol. The number of guanidine groups is 1. The lowest BCUT2D eigenvalue weighted by molar-refractivity contribution is -0.115. The van der Waals surface area contributed by atoms with Crippen LogP contribution < -0.4 is 20.7 Å². The van der Waals surface area contributed by atoms with E-state index in [-0.39, 0.29) is 36.4 Å². The number of hydrogen-bond acceptors (Lipinski definition) is 4. The highest BCUT2D eigenvalue weighted by Gasteiger charge is 2.07. The molecule has 140 valence electrons. The van der Waals surface area contributed by atoms with Crippen LogP contribution in [0.4, 0.5) is 5.69 Å². The van der Waals surface area contributed by atoms with E-state index in [4.69, 9.17) is 4.74 Å². The highest BCUT2D eigenvalue weighted by atomic mass is 127. The summed E-state index contributed by atoms with van der Waals surface area (Å²) < 4.78 is 5.39. The Labute approximate surface area is 170 Å². The monoisotopic (exact) mass is 469 g/mol. The zero-order valence-electron chi connectivity index (χ0n) is 15.1. The molecule has 0 aliphatic rings. The van der Waals surface area contributed by atoms with Crippen molar-refractivity contribution in [1.29, 1.82) is 0 Å². The van der Waals surface area contributed by atoms with E-state index in [0.29, 0.717) is 18.2 Å².